The van der Waals surface area contributed by atoms with E-state index in [0.29, 0.717) is 17.8 Å². The van der Waals surface area contributed by atoms with Crippen molar-refractivity contribution in [3.8, 4) is 0 Å². The van der Waals surface area contributed by atoms with Gasteiger partial charge in [0.05, 0.1) is 6.20 Å². The van der Waals surface area contributed by atoms with Gasteiger partial charge in [-0.05, 0) is 68.6 Å². The highest BCUT2D eigenvalue weighted by Crippen LogP contribution is 2.56. The Morgan fingerprint density at radius 2 is 1.67 bits per heavy atom. The standard InChI is InChI=1S/C26H27F2N5O3/c1-16(34)26-8-5-25(6-9-26,7-10-26)15-30-24(36)21-13-20(32-22-4-11-31-33(21)22)23(35)29-14-17-2-3-18(27)19(28)12-17/h2-4,11-13H,5-10,14-15H2,1H3,(H,29,35)(H,30,36). The van der Waals surface area contributed by atoms with E-state index < -0.39 is 17.5 Å². The van der Waals surface area contributed by atoms with Gasteiger partial charge in [-0.1, -0.05) is 6.07 Å². The maximum absolute atomic E-state index is 13.5. The van der Waals surface area contributed by atoms with Crippen LogP contribution in [0.15, 0.2) is 36.5 Å². The lowest BCUT2D eigenvalue weighted by Gasteiger charge is -2.52. The molecule has 2 amide bonds. The molecule has 0 saturated heterocycles. The summed E-state index contributed by atoms with van der Waals surface area (Å²) in [7, 11) is 0. The van der Waals surface area contributed by atoms with Gasteiger partial charge in [0.1, 0.15) is 17.2 Å². The van der Waals surface area contributed by atoms with Gasteiger partial charge >= 0.3 is 0 Å². The first-order chi connectivity index (χ1) is 17.2. The molecule has 2 heterocycles. The molecular weight excluding hydrogens is 468 g/mol. The molecule has 0 unspecified atom stereocenters. The van der Waals surface area contributed by atoms with Crippen LogP contribution in [0.3, 0.4) is 0 Å². The zero-order valence-corrected chi connectivity index (χ0v) is 19.9. The second-order valence-corrected chi connectivity index (χ2v) is 10.1. The van der Waals surface area contributed by atoms with Gasteiger partial charge in [0.15, 0.2) is 17.3 Å². The molecule has 2 bridgehead atoms. The normalized spacial score (nSPS) is 23.0. The van der Waals surface area contributed by atoms with Crippen molar-refractivity contribution in [1.29, 1.82) is 0 Å². The molecule has 2 aromatic heterocycles. The summed E-state index contributed by atoms with van der Waals surface area (Å²) >= 11 is 0. The van der Waals surface area contributed by atoms with Crippen LogP contribution in [-0.2, 0) is 11.3 Å². The summed E-state index contributed by atoms with van der Waals surface area (Å²) in [4.78, 5) is 42.4. The van der Waals surface area contributed by atoms with Gasteiger partial charge in [-0.25, -0.2) is 18.3 Å². The zero-order chi connectivity index (χ0) is 25.5. The Hall–Kier alpha value is -3.69. The molecule has 0 atom stereocenters. The van der Waals surface area contributed by atoms with Crippen LogP contribution in [0, 0.1) is 22.5 Å². The molecule has 10 heteroatoms. The van der Waals surface area contributed by atoms with E-state index in [0.717, 1.165) is 50.7 Å². The monoisotopic (exact) mass is 495 g/mol. The van der Waals surface area contributed by atoms with Crippen LogP contribution in [0.4, 0.5) is 8.78 Å². The number of benzene rings is 1. The third-order valence-electron chi connectivity index (χ3n) is 8.03. The summed E-state index contributed by atoms with van der Waals surface area (Å²) in [5.74, 6) is -2.62. The fourth-order valence-electron chi connectivity index (χ4n) is 5.53. The largest absolute Gasteiger partial charge is 0.350 e. The van der Waals surface area contributed by atoms with Gasteiger partial charge in [-0.2, -0.15) is 5.10 Å². The van der Waals surface area contributed by atoms with Crippen LogP contribution in [-0.4, -0.2) is 38.7 Å². The number of Topliss-reactive ketones (excluding diaryl/α,β-unsaturated/α-hetero) is 1. The number of ketones is 1. The third-order valence-corrected chi connectivity index (χ3v) is 8.03. The van der Waals surface area contributed by atoms with Crippen molar-refractivity contribution in [2.24, 2.45) is 10.8 Å². The molecule has 0 aliphatic heterocycles. The van der Waals surface area contributed by atoms with Gasteiger partial charge in [-0.3, -0.25) is 14.4 Å². The molecule has 3 aliphatic carbocycles. The van der Waals surface area contributed by atoms with Gasteiger partial charge in [0, 0.05) is 30.6 Å². The minimum Gasteiger partial charge on any atom is -0.350 e. The van der Waals surface area contributed by atoms with Crippen LogP contribution in [0.5, 0.6) is 0 Å². The van der Waals surface area contributed by atoms with Crippen LogP contribution < -0.4 is 10.6 Å². The van der Waals surface area contributed by atoms with Crippen LogP contribution in [0.2, 0.25) is 0 Å². The molecular formula is C26H27F2N5O3. The lowest BCUT2D eigenvalue weighted by atomic mass is 9.52. The van der Waals surface area contributed by atoms with E-state index in [9.17, 15) is 23.2 Å². The molecule has 3 aromatic rings. The average Bonchev–Trinajstić information content (AvgIpc) is 3.37. The van der Waals surface area contributed by atoms with Crippen molar-refractivity contribution < 1.29 is 23.2 Å². The third kappa shape index (κ3) is 4.36. The predicted octanol–water partition coefficient (Wildman–Crippen LogP) is 3.60. The van der Waals surface area contributed by atoms with Gasteiger partial charge in [-0.15, -0.1) is 0 Å². The zero-order valence-electron chi connectivity index (χ0n) is 19.9. The highest BCUT2D eigenvalue weighted by Gasteiger charge is 2.50. The number of rotatable bonds is 7. The fraction of sp³-hybridized carbons (Fsp3) is 0.423. The van der Waals surface area contributed by atoms with E-state index in [1.807, 2.05) is 0 Å². The van der Waals surface area contributed by atoms with Crippen molar-refractivity contribution in [2.75, 3.05) is 6.54 Å². The Bertz CT molecular complexity index is 1340. The van der Waals surface area contributed by atoms with Gasteiger partial charge in [0.2, 0.25) is 0 Å². The average molecular weight is 496 g/mol. The molecule has 1 aromatic carbocycles. The van der Waals surface area contributed by atoms with E-state index >= 15 is 0 Å². The predicted molar refractivity (Wildman–Crippen MR) is 126 cm³/mol. The summed E-state index contributed by atoms with van der Waals surface area (Å²) in [6.45, 7) is 2.14. The molecule has 36 heavy (non-hydrogen) atoms. The molecule has 3 fully saturated rings. The van der Waals surface area contributed by atoms with Crippen LogP contribution in [0.25, 0.3) is 5.65 Å². The summed E-state index contributed by atoms with van der Waals surface area (Å²) in [6, 6.07) is 6.34. The first-order valence-electron chi connectivity index (χ1n) is 12.1. The summed E-state index contributed by atoms with van der Waals surface area (Å²) < 4.78 is 28.0. The minimum atomic E-state index is -0.998. The van der Waals surface area contributed by atoms with Gasteiger partial charge in [0.25, 0.3) is 11.8 Å². The summed E-state index contributed by atoms with van der Waals surface area (Å²) in [5, 5.41) is 9.81. The lowest BCUT2D eigenvalue weighted by Crippen LogP contribution is -2.49. The molecule has 6 rings (SSSR count). The van der Waals surface area contributed by atoms with Crippen molar-refractivity contribution in [3.05, 3.63) is 65.1 Å². The minimum absolute atomic E-state index is 0.00970. The number of amides is 2. The Kier molecular flexibility index (Phi) is 6.05. The SMILES string of the molecule is CC(=O)C12CCC(CNC(=O)c3cc(C(=O)NCc4ccc(F)c(F)c4)nc4ccnn34)(CC1)CC2. The molecule has 0 spiro atoms. The number of hydrogen-bond donors (Lipinski definition) is 2. The Labute approximate surface area is 206 Å². The van der Waals surface area contributed by atoms with Crippen molar-refractivity contribution in [1.82, 2.24) is 25.2 Å². The fourth-order valence-corrected chi connectivity index (χ4v) is 5.53. The topological polar surface area (TPSA) is 105 Å². The van der Waals surface area contributed by atoms with Gasteiger partial charge < -0.3 is 10.6 Å². The number of nitrogens with one attached hydrogen (secondary N) is 2. The molecule has 8 nitrogen and oxygen atoms in total. The molecule has 0 radical (unpaired) electrons. The first-order valence-corrected chi connectivity index (χ1v) is 12.1. The van der Waals surface area contributed by atoms with Crippen LogP contribution in [0.1, 0.15) is 72.0 Å². The number of halogens is 2. The van der Waals surface area contributed by atoms with Crippen LogP contribution >= 0.6 is 0 Å². The van der Waals surface area contributed by atoms with Crippen molar-refractivity contribution in [3.63, 3.8) is 0 Å². The highest BCUT2D eigenvalue weighted by molar-refractivity contribution is 5.98. The smallest absolute Gasteiger partial charge is 0.270 e. The Balaban J connectivity index is 1.29. The Morgan fingerprint density at radius 1 is 0.944 bits per heavy atom. The quantitative estimate of drug-likeness (QED) is 0.521. The van der Waals surface area contributed by atoms with E-state index in [-0.39, 0.29) is 40.5 Å². The number of carbonyl (C=O) groups is 3. The number of nitrogens with zero attached hydrogens (tertiary/aromatic N) is 3. The van der Waals surface area contributed by atoms with Crippen molar-refractivity contribution in [2.45, 2.75) is 52.0 Å². The molecule has 3 saturated carbocycles. The van der Waals surface area contributed by atoms with E-state index in [1.54, 1.807) is 13.0 Å². The summed E-state index contributed by atoms with van der Waals surface area (Å²) in [5.41, 5.74) is 0.701. The highest BCUT2D eigenvalue weighted by atomic mass is 19.2. The van der Waals surface area contributed by atoms with Crippen molar-refractivity contribution >= 4 is 23.2 Å². The maximum atomic E-state index is 13.5. The summed E-state index contributed by atoms with van der Waals surface area (Å²) in [6.07, 6.45) is 6.77. The van der Waals surface area contributed by atoms with E-state index in [1.165, 1.54) is 22.8 Å². The number of aromatic nitrogens is 3. The number of hydrogen-bond acceptors (Lipinski definition) is 5. The first kappa shape index (κ1) is 24.0. The second kappa shape index (κ2) is 9.07. The number of fused-ring (bicyclic) bond motifs is 4. The molecule has 188 valence electrons. The number of carbonyl (C=O) groups excluding carboxylic acids is 3. The maximum Gasteiger partial charge on any atom is 0.270 e. The van der Waals surface area contributed by atoms with E-state index in [2.05, 4.69) is 20.7 Å². The lowest BCUT2D eigenvalue weighted by molar-refractivity contribution is -0.135. The molecule has 2 N–H and O–H groups in total. The van der Waals surface area contributed by atoms with E-state index in [4.69, 9.17) is 0 Å². The molecule has 3 aliphatic rings. The Morgan fingerprint density at radius 3 is 2.33 bits per heavy atom. The second-order valence-electron chi connectivity index (χ2n) is 10.1.